The standard InChI is InChI=1S/C18H29NO3.C3H8/c1-5-19(14-10-6-7-13-18(20)22-4)15(2)16-11-8-9-12-17(16)21-3;1-3-2/h8-9,11-12,15H,5-7,10,13-14H2,1-4H3;3H2,1-2H3/t15-;/m0./s1. The predicted molar refractivity (Wildman–Crippen MR) is 105 cm³/mol. The fourth-order valence-corrected chi connectivity index (χ4v) is 2.70. The second-order valence-corrected chi connectivity index (χ2v) is 6.14. The molecule has 0 bridgehead atoms. The van der Waals surface area contributed by atoms with Crippen molar-refractivity contribution < 1.29 is 14.3 Å². The van der Waals surface area contributed by atoms with Gasteiger partial charge in [0.1, 0.15) is 5.75 Å². The Balaban J connectivity index is 0.00000178. The summed E-state index contributed by atoms with van der Waals surface area (Å²) >= 11 is 0. The molecule has 25 heavy (non-hydrogen) atoms. The van der Waals surface area contributed by atoms with Crippen LogP contribution in [0.4, 0.5) is 0 Å². The molecule has 1 rings (SSSR count). The lowest BCUT2D eigenvalue weighted by molar-refractivity contribution is -0.140. The second-order valence-electron chi connectivity index (χ2n) is 6.14. The Morgan fingerprint density at radius 3 is 2.28 bits per heavy atom. The van der Waals surface area contributed by atoms with Crippen LogP contribution in [0.3, 0.4) is 0 Å². The van der Waals surface area contributed by atoms with Gasteiger partial charge in [-0.05, 0) is 38.9 Å². The van der Waals surface area contributed by atoms with Gasteiger partial charge >= 0.3 is 5.97 Å². The highest BCUT2D eigenvalue weighted by Crippen LogP contribution is 2.28. The third-order valence-electron chi connectivity index (χ3n) is 4.10. The van der Waals surface area contributed by atoms with Gasteiger partial charge in [0.15, 0.2) is 0 Å². The molecule has 1 aromatic rings. The van der Waals surface area contributed by atoms with E-state index in [1.807, 2.05) is 12.1 Å². The first-order chi connectivity index (χ1) is 12.0. The normalized spacial score (nSPS) is 11.5. The molecule has 0 spiro atoms. The maximum absolute atomic E-state index is 11.1. The average Bonchev–Trinajstić information content (AvgIpc) is 2.64. The highest BCUT2D eigenvalue weighted by Gasteiger charge is 2.17. The monoisotopic (exact) mass is 351 g/mol. The van der Waals surface area contributed by atoms with E-state index in [0.717, 1.165) is 38.1 Å². The van der Waals surface area contributed by atoms with Crippen molar-refractivity contribution in [3.05, 3.63) is 29.8 Å². The Labute approximate surface area is 154 Å². The summed E-state index contributed by atoms with van der Waals surface area (Å²) in [6.07, 6.45) is 4.80. The van der Waals surface area contributed by atoms with Crippen molar-refractivity contribution in [2.45, 2.75) is 65.8 Å². The largest absolute Gasteiger partial charge is 0.496 e. The third-order valence-corrected chi connectivity index (χ3v) is 4.10. The number of benzene rings is 1. The summed E-state index contributed by atoms with van der Waals surface area (Å²) in [5.74, 6) is 0.828. The summed E-state index contributed by atoms with van der Waals surface area (Å²) in [7, 11) is 3.16. The van der Waals surface area contributed by atoms with E-state index in [0.29, 0.717) is 12.5 Å². The Morgan fingerprint density at radius 2 is 1.72 bits per heavy atom. The van der Waals surface area contributed by atoms with Crippen LogP contribution in [0, 0.1) is 0 Å². The van der Waals surface area contributed by atoms with Crippen LogP contribution in [0.5, 0.6) is 5.75 Å². The Kier molecular flexibility index (Phi) is 13.8. The maximum Gasteiger partial charge on any atom is 0.305 e. The van der Waals surface area contributed by atoms with Crippen LogP contribution in [0.2, 0.25) is 0 Å². The van der Waals surface area contributed by atoms with E-state index < -0.39 is 0 Å². The molecule has 0 heterocycles. The number of para-hydroxylation sites is 1. The van der Waals surface area contributed by atoms with Gasteiger partial charge in [-0.1, -0.05) is 51.8 Å². The molecular weight excluding hydrogens is 314 g/mol. The Morgan fingerprint density at radius 1 is 1.08 bits per heavy atom. The highest BCUT2D eigenvalue weighted by molar-refractivity contribution is 5.68. The van der Waals surface area contributed by atoms with E-state index in [1.54, 1.807) is 7.11 Å². The summed E-state index contributed by atoms with van der Waals surface area (Å²) in [5, 5.41) is 0. The molecule has 1 atom stereocenters. The van der Waals surface area contributed by atoms with Crippen molar-refractivity contribution in [1.29, 1.82) is 0 Å². The van der Waals surface area contributed by atoms with Gasteiger partial charge in [0.05, 0.1) is 14.2 Å². The zero-order chi connectivity index (χ0) is 19.1. The third kappa shape index (κ3) is 9.49. The lowest BCUT2D eigenvalue weighted by Gasteiger charge is -2.29. The van der Waals surface area contributed by atoms with E-state index in [2.05, 4.69) is 49.5 Å². The number of hydrogen-bond acceptors (Lipinski definition) is 4. The quantitative estimate of drug-likeness (QED) is 0.427. The molecule has 4 nitrogen and oxygen atoms in total. The molecule has 0 aliphatic heterocycles. The zero-order valence-electron chi connectivity index (χ0n) is 17.0. The van der Waals surface area contributed by atoms with E-state index in [4.69, 9.17) is 4.74 Å². The summed E-state index contributed by atoms with van der Waals surface area (Å²) in [5.41, 5.74) is 1.22. The van der Waals surface area contributed by atoms with Gasteiger partial charge in [-0.15, -0.1) is 0 Å². The van der Waals surface area contributed by atoms with Gasteiger partial charge in [-0.25, -0.2) is 0 Å². The van der Waals surface area contributed by atoms with Gasteiger partial charge < -0.3 is 9.47 Å². The number of carbonyl (C=O) groups excluding carboxylic acids is 1. The van der Waals surface area contributed by atoms with Crippen molar-refractivity contribution >= 4 is 5.97 Å². The maximum atomic E-state index is 11.1. The Hall–Kier alpha value is -1.55. The van der Waals surface area contributed by atoms with Gasteiger partial charge in [0, 0.05) is 18.0 Å². The van der Waals surface area contributed by atoms with Crippen LogP contribution >= 0.6 is 0 Å². The van der Waals surface area contributed by atoms with Gasteiger partial charge in [0.25, 0.3) is 0 Å². The number of methoxy groups -OCH3 is 2. The number of ether oxygens (including phenoxy) is 2. The first-order valence-electron chi connectivity index (χ1n) is 9.49. The van der Waals surface area contributed by atoms with Crippen molar-refractivity contribution in [1.82, 2.24) is 4.90 Å². The van der Waals surface area contributed by atoms with Crippen molar-refractivity contribution in [3.63, 3.8) is 0 Å². The predicted octanol–water partition coefficient (Wildman–Crippen LogP) is 5.23. The number of esters is 1. The Bertz CT molecular complexity index is 462. The molecule has 0 aliphatic carbocycles. The van der Waals surface area contributed by atoms with Gasteiger partial charge in [-0.3, -0.25) is 9.69 Å². The number of unbranched alkanes of at least 4 members (excludes halogenated alkanes) is 2. The average molecular weight is 352 g/mol. The van der Waals surface area contributed by atoms with Gasteiger partial charge in [-0.2, -0.15) is 0 Å². The van der Waals surface area contributed by atoms with E-state index >= 15 is 0 Å². The van der Waals surface area contributed by atoms with E-state index in [1.165, 1.54) is 19.1 Å². The van der Waals surface area contributed by atoms with Crippen LogP contribution < -0.4 is 4.74 Å². The van der Waals surface area contributed by atoms with Crippen molar-refractivity contribution in [3.8, 4) is 5.75 Å². The van der Waals surface area contributed by atoms with Crippen LogP contribution in [0.15, 0.2) is 24.3 Å². The smallest absolute Gasteiger partial charge is 0.305 e. The summed E-state index contributed by atoms with van der Waals surface area (Å²) in [6, 6.07) is 8.51. The van der Waals surface area contributed by atoms with E-state index in [9.17, 15) is 4.79 Å². The fraction of sp³-hybridized carbons (Fsp3) is 0.667. The molecule has 0 N–H and O–H groups in total. The zero-order valence-corrected chi connectivity index (χ0v) is 17.0. The fourth-order valence-electron chi connectivity index (χ4n) is 2.70. The molecule has 0 fully saturated rings. The first-order valence-corrected chi connectivity index (χ1v) is 9.49. The molecular formula is C21H37NO3. The minimum absolute atomic E-state index is 0.116. The first kappa shape index (κ1) is 23.4. The molecule has 0 unspecified atom stereocenters. The van der Waals surface area contributed by atoms with Crippen LogP contribution in [0.25, 0.3) is 0 Å². The second kappa shape index (κ2) is 14.8. The number of hydrogen-bond donors (Lipinski definition) is 0. The molecule has 0 aromatic heterocycles. The van der Waals surface area contributed by atoms with E-state index in [-0.39, 0.29) is 5.97 Å². The summed E-state index contributed by atoms with van der Waals surface area (Å²) in [6.45, 7) is 10.7. The lowest BCUT2D eigenvalue weighted by Crippen LogP contribution is -2.28. The molecule has 0 saturated carbocycles. The minimum atomic E-state index is -0.116. The lowest BCUT2D eigenvalue weighted by atomic mass is 10.0. The number of rotatable bonds is 10. The SMILES string of the molecule is CCC.CCN(CCCCCC(=O)OC)[C@@H](C)c1ccccc1OC. The molecule has 4 heteroatoms. The topological polar surface area (TPSA) is 38.8 Å². The molecule has 0 radical (unpaired) electrons. The highest BCUT2D eigenvalue weighted by atomic mass is 16.5. The molecule has 0 aliphatic rings. The molecule has 0 saturated heterocycles. The van der Waals surface area contributed by atoms with Crippen LogP contribution in [0.1, 0.15) is 71.4 Å². The number of nitrogens with zero attached hydrogens (tertiary/aromatic N) is 1. The van der Waals surface area contributed by atoms with Crippen LogP contribution in [-0.4, -0.2) is 38.2 Å². The molecule has 144 valence electrons. The van der Waals surface area contributed by atoms with Gasteiger partial charge in [0.2, 0.25) is 0 Å². The number of carbonyl (C=O) groups is 1. The van der Waals surface area contributed by atoms with Crippen molar-refractivity contribution in [2.24, 2.45) is 0 Å². The van der Waals surface area contributed by atoms with Crippen LogP contribution in [-0.2, 0) is 9.53 Å². The molecule has 1 aromatic carbocycles. The van der Waals surface area contributed by atoms with Crippen molar-refractivity contribution in [2.75, 3.05) is 27.3 Å². The molecule has 0 amide bonds. The summed E-state index contributed by atoms with van der Waals surface area (Å²) in [4.78, 5) is 13.5. The minimum Gasteiger partial charge on any atom is -0.496 e. The summed E-state index contributed by atoms with van der Waals surface area (Å²) < 4.78 is 10.1.